The van der Waals surface area contributed by atoms with Gasteiger partial charge in [0.2, 0.25) is 0 Å². The minimum atomic E-state index is -4.60. The van der Waals surface area contributed by atoms with E-state index in [-0.39, 0.29) is 23.0 Å². The number of amides is 1. The van der Waals surface area contributed by atoms with Crippen molar-refractivity contribution in [2.24, 2.45) is 0 Å². The van der Waals surface area contributed by atoms with Crippen LogP contribution in [0.5, 0.6) is 5.75 Å². The summed E-state index contributed by atoms with van der Waals surface area (Å²) in [6.45, 7) is 3.17. The summed E-state index contributed by atoms with van der Waals surface area (Å²) in [6, 6.07) is 4.57. The Kier molecular flexibility index (Phi) is 5.97. The molecule has 156 valence electrons. The largest absolute Gasteiger partial charge is 0.497 e. The van der Waals surface area contributed by atoms with Crippen molar-refractivity contribution in [2.75, 3.05) is 25.5 Å². The van der Waals surface area contributed by atoms with Crippen molar-refractivity contribution in [2.45, 2.75) is 32.0 Å². The summed E-state index contributed by atoms with van der Waals surface area (Å²) in [7, 11) is 1.24. The van der Waals surface area contributed by atoms with Crippen molar-refractivity contribution < 1.29 is 22.7 Å². The van der Waals surface area contributed by atoms with Gasteiger partial charge in [-0.3, -0.25) is 9.59 Å². The molecule has 0 radical (unpaired) electrons. The van der Waals surface area contributed by atoms with Gasteiger partial charge in [0.1, 0.15) is 11.3 Å². The molecular weight excluding hydrogens is 387 g/mol. The van der Waals surface area contributed by atoms with Crippen LogP contribution in [0, 0.1) is 6.92 Å². The zero-order chi connectivity index (χ0) is 21.2. The molecular formula is C20H22F3N3O3. The number of carbonyl (C=O) groups excluding carboxylic acids is 1. The topological polar surface area (TPSA) is 72.4 Å². The van der Waals surface area contributed by atoms with Crippen LogP contribution in [-0.2, 0) is 6.18 Å². The zero-order valence-electron chi connectivity index (χ0n) is 16.1. The first-order valence-electron chi connectivity index (χ1n) is 9.21. The number of carbonyl (C=O) groups is 1. The van der Waals surface area contributed by atoms with Gasteiger partial charge < -0.3 is 19.9 Å². The number of aryl methyl sites for hydroxylation is 1. The number of piperidine rings is 1. The van der Waals surface area contributed by atoms with Crippen LogP contribution in [0.3, 0.4) is 0 Å². The van der Waals surface area contributed by atoms with Crippen LogP contribution in [0.4, 0.5) is 18.9 Å². The molecule has 2 N–H and O–H groups in total. The number of hydrogen-bond donors (Lipinski definition) is 2. The molecule has 1 fully saturated rings. The number of hydrogen-bond acceptors (Lipinski definition) is 4. The molecule has 6 nitrogen and oxygen atoms in total. The van der Waals surface area contributed by atoms with Crippen LogP contribution in [0.15, 0.2) is 35.3 Å². The van der Waals surface area contributed by atoms with Gasteiger partial charge in [0.15, 0.2) is 0 Å². The predicted octanol–water partition coefficient (Wildman–Crippen LogP) is 3.36. The number of rotatable bonds is 4. The summed E-state index contributed by atoms with van der Waals surface area (Å²) < 4.78 is 45.8. The van der Waals surface area contributed by atoms with Gasteiger partial charge in [-0.15, -0.1) is 0 Å². The highest BCUT2D eigenvalue weighted by Gasteiger charge is 2.32. The molecule has 1 aromatic carbocycles. The molecule has 1 aromatic heterocycles. The van der Waals surface area contributed by atoms with Gasteiger partial charge in [0, 0.05) is 24.0 Å². The van der Waals surface area contributed by atoms with E-state index in [2.05, 4.69) is 10.6 Å². The Labute approximate surface area is 165 Å². The molecule has 2 heterocycles. The van der Waals surface area contributed by atoms with Crippen molar-refractivity contribution in [1.82, 2.24) is 9.88 Å². The molecule has 0 bridgehead atoms. The summed E-state index contributed by atoms with van der Waals surface area (Å²) in [5.74, 6) is -0.802. The van der Waals surface area contributed by atoms with E-state index in [1.54, 1.807) is 19.2 Å². The number of pyridine rings is 1. The average Bonchev–Trinajstić information content (AvgIpc) is 2.67. The summed E-state index contributed by atoms with van der Waals surface area (Å²) in [4.78, 5) is 25.7. The van der Waals surface area contributed by atoms with Gasteiger partial charge in [-0.25, -0.2) is 0 Å². The lowest BCUT2D eigenvalue weighted by atomic mass is 10.0. The molecule has 0 spiro atoms. The number of anilines is 1. The van der Waals surface area contributed by atoms with E-state index in [9.17, 15) is 22.8 Å². The van der Waals surface area contributed by atoms with Crippen molar-refractivity contribution in [1.29, 1.82) is 0 Å². The number of aromatic nitrogens is 1. The predicted molar refractivity (Wildman–Crippen MR) is 103 cm³/mol. The van der Waals surface area contributed by atoms with Crippen LogP contribution in [0.1, 0.15) is 40.4 Å². The molecule has 1 aliphatic rings. The molecule has 1 amide bonds. The van der Waals surface area contributed by atoms with Gasteiger partial charge in [-0.05, 0) is 56.6 Å². The van der Waals surface area contributed by atoms with E-state index in [1.807, 2.05) is 0 Å². The molecule has 29 heavy (non-hydrogen) atoms. The number of nitrogens with one attached hydrogen (secondary N) is 2. The average molecular weight is 409 g/mol. The number of halogens is 3. The highest BCUT2D eigenvalue weighted by Crippen LogP contribution is 2.34. The number of alkyl halides is 3. The van der Waals surface area contributed by atoms with Crippen LogP contribution in [-0.4, -0.2) is 30.7 Å². The van der Waals surface area contributed by atoms with Crippen LogP contribution in [0.25, 0.3) is 0 Å². The minimum Gasteiger partial charge on any atom is -0.497 e. The van der Waals surface area contributed by atoms with Gasteiger partial charge in [-0.2, -0.15) is 13.2 Å². The summed E-state index contributed by atoms with van der Waals surface area (Å²) >= 11 is 0. The van der Waals surface area contributed by atoms with Gasteiger partial charge in [-0.1, -0.05) is 0 Å². The quantitative estimate of drug-likeness (QED) is 0.812. The first kappa shape index (κ1) is 20.9. The summed E-state index contributed by atoms with van der Waals surface area (Å²) in [6.07, 6.45) is -1.42. The Hall–Kier alpha value is -2.81. The normalized spacial score (nSPS) is 15.2. The third-order valence-corrected chi connectivity index (χ3v) is 4.98. The lowest BCUT2D eigenvalue weighted by molar-refractivity contribution is -0.137. The second kappa shape index (κ2) is 8.28. The maximum atomic E-state index is 13.1. The third kappa shape index (κ3) is 4.61. The lowest BCUT2D eigenvalue weighted by Gasteiger charge is -2.25. The summed E-state index contributed by atoms with van der Waals surface area (Å²) in [5, 5.41) is 5.63. The fourth-order valence-electron chi connectivity index (χ4n) is 3.44. The first-order valence-corrected chi connectivity index (χ1v) is 9.21. The third-order valence-electron chi connectivity index (χ3n) is 4.98. The molecule has 0 atom stereocenters. The standard InChI is InChI=1S/C20H22F3N3O3/c1-12-5-8-26(15-3-6-24-7-4-15)19(28)17(12)18(27)25-14-9-13(20(21,22)23)10-16(11-14)29-2/h5,8-11,15,24H,3-4,6-7H2,1-2H3,(H,25,27). The van der Waals surface area contributed by atoms with Crippen molar-refractivity contribution in [3.63, 3.8) is 0 Å². The molecule has 3 rings (SSSR count). The van der Waals surface area contributed by atoms with Gasteiger partial charge >= 0.3 is 6.18 Å². The highest BCUT2D eigenvalue weighted by molar-refractivity contribution is 6.05. The summed E-state index contributed by atoms with van der Waals surface area (Å²) in [5.41, 5.74) is -1.13. The van der Waals surface area contributed by atoms with Gasteiger partial charge in [0.05, 0.1) is 12.7 Å². The Balaban J connectivity index is 1.94. The highest BCUT2D eigenvalue weighted by atomic mass is 19.4. The molecule has 1 saturated heterocycles. The van der Waals surface area contributed by atoms with E-state index in [0.717, 1.165) is 38.1 Å². The van der Waals surface area contributed by atoms with E-state index in [0.29, 0.717) is 5.56 Å². The van der Waals surface area contributed by atoms with Crippen LogP contribution >= 0.6 is 0 Å². The molecule has 1 aliphatic heterocycles. The van der Waals surface area contributed by atoms with Crippen LogP contribution < -0.4 is 20.9 Å². The molecule has 0 unspecified atom stereocenters. The number of ether oxygens (including phenoxy) is 1. The Bertz CT molecular complexity index is 964. The Morgan fingerprint density at radius 1 is 1.24 bits per heavy atom. The van der Waals surface area contributed by atoms with E-state index in [4.69, 9.17) is 4.74 Å². The second-order valence-corrected chi connectivity index (χ2v) is 6.97. The van der Waals surface area contributed by atoms with Crippen molar-refractivity contribution in [3.8, 4) is 5.75 Å². The maximum Gasteiger partial charge on any atom is 0.416 e. The Morgan fingerprint density at radius 2 is 1.93 bits per heavy atom. The van der Waals surface area contributed by atoms with E-state index in [1.165, 1.54) is 17.7 Å². The molecule has 0 aliphatic carbocycles. The monoisotopic (exact) mass is 409 g/mol. The lowest BCUT2D eigenvalue weighted by Crippen LogP contribution is -2.37. The van der Waals surface area contributed by atoms with Crippen molar-refractivity contribution >= 4 is 11.6 Å². The fourth-order valence-corrected chi connectivity index (χ4v) is 3.44. The number of benzene rings is 1. The van der Waals surface area contributed by atoms with Gasteiger partial charge in [0.25, 0.3) is 11.5 Å². The smallest absolute Gasteiger partial charge is 0.416 e. The molecule has 9 heteroatoms. The van der Waals surface area contributed by atoms with E-state index >= 15 is 0 Å². The number of nitrogens with zero attached hydrogens (tertiary/aromatic N) is 1. The minimum absolute atomic E-state index is 0.0236. The maximum absolute atomic E-state index is 13.1. The molecule has 2 aromatic rings. The number of methoxy groups -OCH3 is 1. The Morgan fingerprint density at radius 3 is 2.55 bits per heavy atom. The zero-order valence-corrected chi connectivity index (χ0v) is 16.1. The van der Waals surface area contributed by atoms with Crippen LogP contribution in [0.2, 0.25) is 0 Å². The fraction of sp³-hybridized carbons (Fsp3) is 0.400. The van der Waals surface area contributed by atoms with E-state index < -0.39 is 23.2 Å². The first-order chi connectivity index (χ1) is 13.7. The SMILES string of the molecule is COc1cc(NC(=O)c2c(C)ccn(C3CCNCC3)c2=O)cc(C(F)(F)F)c1. The molecule has 0 saturated carbocycles. The second-order valence-electron chi connectivity index (χ2n) is 6.97. The van der Waals surface area contributed by atoms with Crippen molar-refractivity contribution in [3.05, 3.63) is 57.5 Å².